The molecular weight excluding hydrogens is 418 g/mol. The zero-order valence-corrected chi connectivity index (χ0v) is 17.7. The first-order valence-corrected chi connectivity index (χ1v) is 10.7. The molecule has 0 amide bonds. The van der Waals surface area contributed by atoms with E-state index in [2.05, 4.69) is 60.1 Å². The normalized spacial score (nSPS) is 14.0. The highest BCUT2D eigenvalue weighted by Crippen LogP contribution is 2.55. The topological polar surface area (TPSA) is 0 Å². The fourth-order valence-corrected chi connectivity index (χ4v) is 5.24. The number of benzene rings is 3. The number of hydrogen-bond donors (Lipinski definition) is 0. The maximum absolute atomic E-state index is 14.4. The summed E-state index contributed by atoms with van der Waals surface area (Å²) < 4.78 is 28.9. The molecule has 0 aliphatic heterocycles. The van der Waals surface area contributed by atoms with Gasteiger partial charge in [-0.3, -0.25) is 0 Å². The summed E-state index contributed by atoms with van der Waals surface area (Å²) in [6, 6.07) is 16.5. The lowest BCUT2D eigenvalue weighted by Gasteiger charge is -2.32. The van der Waals surface area contributed by atoms with Gasteiger partial charge >= 0.3 is 0 Å². The van der Waals surface area contributed by atoms with E-state index in [1.165, 1.54) is 34.4 Å². The Balaban J connectivity index is 1.96. The summed E-state index contributed by atoms with van der Waals surface area (Å²) in [4.78, 5) is 0. The van der Waals surface area contributed by atoms with Crippen molar-refractivity contribution in [2.75, 3.05) is 0 Å². The molecule has 0 nitrogen and oxygen atoms in total. The highest BCUT2D eigenvalue weighted by Gasteiger charge is 2.42. The molecule has 3 heteroatoms. The van der Waals surface area contributed by atoms with Gasteiger partial charge in [0.05, 0.1) is 0 Å². The highest BCUT2D eigenvalue weighted by atomic mass is 79.9. The van der Waals surface area contributed by atoms with Crippen molar-refractivity contribution in [2.24, 2.45) is 0 Å². The van der Waals surface area contributed by atoms with Crippen LogP contribution in [-0.4, -0.2) is 0 Å². The lowest BCUT2D eigenvalue weighted by atomic mass is 9.71. The Morgan fingerprint density at radius 3 is 2.00 bits per heavy atom. The quantitative estimate of drug-likeness (QED) is 0.374. The van der Waals surface area contributed by atoms with E-state index in [1.807, 2.05) is 6.07 Å². The second kappa shape index (κ2) is 7.44. The number of halogens is 3. The zero-order valence-electron chi connectivity index (χ0n) is 16.2. The molecule has 0 fully saturated rings. The van der Waals surface area contributed by atoms with Crippen molar-refractivity contribution in [1.82, 2.24) is 0 Å². The van der Waals surface area contributed by atoms with Gasteiger partial charge in [0.15, 0.2) is 0 Å². The summed E-state index contributed by atoms with van der Waals surface area (Å²) in [5, 5.41) is 0. The van der Waals surface area contributed by atoms with Gasteiger partial charge in [-0.1, -0.05) is 60.8 Å². The van der Waals surface area contributed by atoms with Crippen LogP contribution in [0.2, 0.25) is 0 Å². The van der Waals surface area contributed by atoms with Crippen LogP contribution in [0.1, 0.15) is 50.7 Å². The first-order valence-electron chi connectivity index (χ1n) is 9.90. The van der Waals surface area contributed by atoms with E-state index < -0.39 is 11.6 Å². The van der Waals surface area contributed by atoms with Gasteiger partial charge in [0, 0.05) is 21.5 Å². The van der Waals surface area contributed by atoms with Crippen LogP contribution in [0.25, 0.3) is 22.3 Å². The summed E-state index contributed by atoms with van der Waals surface area (Å²) in [6.07, 6.45) is 4.24. The predicted octanol–water partition coefficient (Wildman–Crippen LogP) is 8.26. The van der Waals surface area contributed by atoms with Crippen molar-refractivity contribution in [3.05, 3.63) is 81.8 Å². The van der Waals surface area contributed by atoms with E-state index in [1.54, 1.807) is 0 Å². The van der Waals surface area contributed by atoms with Crippen LogP contribution in [0.5, 0.6) is 0 Å². The van der Waals surface area contributed by atoms with Crippen molar-refractivity contribution < 1.29 is 8.78 Å². The third kappa shape index (κ3) is 3.00. The van der Waals surface area contributed by atoms with Crippen LogP contribution in [0, 0.1) is 11.6 Å². The van der Waals surface area contributed by atoms with Gasteiger partial charge in [0.25, 0.3) is 0 Å². The first-order chi connectivity index (χ1) is 13.5. The molecule has 0 heterocycles. The zero-order chi connectivity index (χ0) is 19.9. The molecule has 3 aromatic carbocycles. The third-order valence-corrected chi connectivity index (χ3v) is 6.41. The number of fused-ring (bicyclic) bond motifs is 3. The summed E-state index contributed by atoms with van der Waals surface area (Å²) in [6.45, 7) is 4.44. The number of hydrogen-bond acceptors (Lipinski definition) is 0. The van der Waals surface area contributed by atoms with E-state index in [9.17, 15) is 8.78 Å². The highest BCUT2D eigenvalue weighted by molar-refractivity contribution is 9.10. The van der Waals surface area contributed by atoms with Crippen LogP contribution >= 0.6 is 15.9 Å². The van der Waals surface area contributed by atoms with Crippen molar-refractivity contribution in [1.29, 1.82) is 0 Å². The van der Waals surface area contributed by atoms with Gasteiger partial charge in [-0.15, -0.1) is 0 Å². The molecule has 0 atom stereocenters. The fourth-order valence-electron chi connectivity index (χ4n) is 4.88. The van der Waals surface area contributed by atoms with Crippen LogP contribution in [0.3, 0.4) is 0 Å². The molecule has 0 N–H and O–H groups in total. The Bertz CT molecular complexity index is 1030. The van der Waals surface area contributed by atoms with Crippen LogP contribution in [-0.2, 0) is 5.41 Å². The SMILES string of the molecule is CCCC1(CCC)c2cc(Br)ccc2-c2ccc(-c3ccc(F)cc3F)cc21. The molecule has 28 heavy (non-hydrogen) atoms. The van der Waals surface area contributed by atoms with Gasteiger partial charge < -0.3 is 0 Å². The van der Waals surface area contributed by atoms with Crippen LogP contribution in [0.15, 0.2) is 59.1 Å². The number of rotatable bonds is 5. The molecule has 0 saturated carbocycles. The van der Waals surface area contributed by atoms with E-state index in [4.69, 9.17) is 0 Å². The van der Waals surface area contributed by atoms with E-state index in [-0.39, 0.29) is 5.41 Å². The molecule has 0 unspecified atom stereocenters. The Labute approximate surface area is 173 Å². The van der Waals surface area contributed by atoms with Crippen molar-refractivity contribution in [2.45, 2.75) is 44.9 Å². The maximum atomic E-state index is 14.4. The van der Waals surface area contributed by atoms with E-state index in [0.29, 0.717) is 5.56 Å². The molecule has 1 aliphatic carbocycles. The fraction of sp³-hybridized carbons (Fsp3) is 0.280. The van der Waals surface area contributed by atoms with E-state index in [0.717, 1.165) is 41.8 Å². The molecule has 0 saturated heterocycles. The van der Waals surface area contributed by atoms with Crippen molar-refractivity contribution in [3.8, 4) is 22.3 Å². The third-order valence-electron chi connectivity index (χ3n) is 5.92. The van der Waals surface area contributed by atoms with E-state index >= 15 is 0 Å². The van der Waals surface area contributed by atoms with Gasteiger partial charge in [-0.05, 0) is 71.0 Å². The second-order valence-corrected chi connectivity index (χ2v) is 8.57. The summed E-state index contributed by atoms with van der Waals surface area (Å²) in [5.41, 5.74) is 6.32. The molecule has 0 aromatic heterocycles. The molecule has 0 spiro atoms. The van der Waals surface area contributed by atoms with Crippen molar-refractivity contribution >= 4 is 15.9 Å². The summed E-state index contributed by atoms with van der Waals surface area (Å²) in [5.74, 6) is -1.07. The lowest BCUT2D eigenvalue weighted by Crippen LogP contribution is -2.25. The van der Waals surface area contributed by atoms with Gasteiger partial charge in [-0.2, -0.15) is 0 Å². The molecule has 0 radical (unpaired) electrons. The Kier molecular flexibility index (Phi) is 5.13. The Morgan fingerprint density at radius 2 is 1.36 bits per heavy atom. The minimum absolute atomic E-state index is 0.0650. The maximum Gasteiger partial charge on any atom is 0.133 e. The molecule has 0 bridgehead atoms. The Hall–Kier alpha value is -2.00. The monoisotopic (exact) mass is 440 g/mol. The molecular formula is C25H23BrF2. The minimum Gasteiger partial charge on any atom is -0.207 e. The smallest absolute Gasteiger partial charge is 0.133 e. The lowest BCUT2D eigenvalue weighted by molar-refractivity contribution is 0.436. The van der Waals surface area contributed by atoms with Crippen LogP contribution < -0.4 is 0 Å². The summed E-state index contributed by atoms with van der Waals surface area (Å²) in [7, 11) is 0. The predicted molar refractivity (Wildman–Crippen MR) is 116 cm³/mol. The average Bonchev–Trinajstić information content (AvgIpc) is 2.92. The first kappa shape index (κ1) is 19.3. The van der Waals surface area contributed by atoms with Crippen molar-refractivity contribution in [3.63, 3.8) is 0 Å². The van der Waals surface area contributed by atoms with Gasteiger partial charge in [0.2, 0.25) is 0 Å². The second-order valence-electron chi connectivity index (χ2n) is 7.66. The Morgan fingerprint density at radius 1 is 0.750 bits per heavy atom. The summed E-state index contributed by atoms with van der Waals surface area (Å²) >= 11 is 3.65. The molecule has 1 aliphatic rings. The van der Waals surface area contributed by atoms with Crippen LogP contribution in [0.4, 0.5) is 8.78 Å². The molecule has 144 valence electrons. The van der Waals surface area contributed by atoms with Gasteiger partial charge in [0.1, 0.15) is 11.6 Å². The average molecular weight is 441 g/mol. The molecule has 3 aromatic rings. The standard InChI is InChI=1S/C25H23BrF2/c1-3-11-25(12-4-2)22-13-16(19-10-7-18(27)15-24(19)28)5-8-20(22)21-9-6-17(26)14-23(21)25/h5-10,13-15H,3-4,11-12H2,1-2H3. The largest absolute Gasteiger partial charge is 0.207 e. The van der Waals surface area contributed by atoms with Gasteiger partial charge in [-0.25, -0.2) is 8.78 Å². The molecule has 4 rings (SSSR count). The minimum atomic E-state index is -0.550.